The van der Waals surface area contributed by atoms with Crippen LogP contribution in [-0.2, 0) is 14.3 Å². The molecule has 2 fully saturated rings. The minimum atomic E-state index is -0.945. The van der Waals surface area contributed by atoms with Crippen LogP contribution in [0, 0.1) is 5.92 Å². The van der Waals surface area contributed by atoms with Crippen molar-refractivity contribution in [2.75, 3.05) is 46.1 Å². The van der Waals surface area contributed by atoms with Gasteiger partial charge in [0.25, 0.3) is 0 Å². The van der Waals surface area contributed by atoms with Crippen LogP contribution in [0.4, 0.5) is 4.79 Å². The Morgan fingerprint density at radius 2 is 2.14 bits per heavy atom. The fourth-order valence-corrected chi connectivity index (χ4v) is 2.78. The molecule has 0 aromatic carbocycles. The lowest BCUT2D eigenvalue weighted by Gasteiger charge is -2.38. The molecule has 8 nitrogen and oxygen atoms in total. The van der Waals surface area contributed by atoms with Crippen LogP contribution >= 0.6 is 0 Å². The van der Waals surface area contributed by atoms with Gasteiger partial charge in [0.05, 0.1) is 45.1 Å². The van der Waals surface area contributed by atoms with Crippen LogP contribution in [0.25, 0.3) is 0 Å². The SMILES string of the molecule is CCN(C(=O)N1CCOC(CO)C1)C1COCC1C(=O)O. The molecule has 0 aliphatic carbocycles. The monoisotopic (exact) mass is 302 g/mol. The smallest absolute Gasteiger partial charge is 0.320 e. The van der Waals surface area contributed by atoms with E-state index in [0.29, 0.717) is 26.2 Å². The number of hydrogen-bond donors (Lipinski definition) is 2. The minimum absolute atomic E-state index is 0.131. The van der Waals surface area contributed by atoms with E-state index in [0.717, 1.165) is 0 Å². The van der Waals surface area contributed by atoms with Crippen LogP contribution in [0.15, 0.2) is 0 Å². The third-order valence-corrected chi connectivity index (χ3v) is 3.97. The predicted molar refractivity (Wildman–Crippen MR) is 71.9 cm³/mol. The number of likely N-dealkylation sites (N-methyl/N-ethyl adjacent to an activating group) is 1. The van der Waals surface area contributed by atoms with Gasteiger partial charge in [0.2, 0.25) is 0 Å². The first kappa shape index (κ1) is 16.0. The summed E-state index contributed by atoms with van der Waals surface area (Å²) in [5.41, 5.74) is 0. The fraction of sp³-hybridized carbons (Fsp3) is 0.846. The van der Waals surface area contributed by atoms with Gasteiger partial charge >= 0.3 is 12.0 Å². The van der Waals surface area contributed by atoms with Gasteiger partial charge in [-0.15, -0.1) is 0 Å². The van der Waals surface area contributed by atoms with Gasteiger partial charge in [-0.25, -0.2) is 4.79 Å². The number of aliphatic hydroxyl groups is 1. The molecular weight excluding hydrogens is 280 g/mol. The van der Waals surface area contributed by atoms with Crippen LogP contribution in [0.1, 0.15) is 6.92 Å². The van der Waals surface area contributed by atoms with E-state index in [1.54, 1.807) is 9.80 Å². The molecule has 0 saturated carbocycles. The van der Waals surface area contributed by atoms with Crippen molar-refractivity contribution < 1.29 is 29.3 Å². The maximum Gasteiger partial charge on any atom is 0.320 e. The summed E-state index contributed by atoms with van der Waals surface area (Å²) in [6.07, 6.45) is -0.378. The molecule has 0 aromatic heterocycles. The van der Waals surface area contributed by atoms with Gasteiger partial charge in [0.1, 0.15) is 5.92 Å². The Labute approximate surface area is 123 Å². The Morgan fingerprint density at radius 3 is 2.76 bits per heavy atom. The number of carboxylic acid groups (broad SMARTS) is 1. The maximum atomic E-state index is 12.6. The highest BCUT2D eigenvalue weighted by Gasteiger charge is 2.41. The second-order valence-electron chi connectivity index (χ2n) is 5.24. The highest BCUT2D eigenvalue weighted by Crippen LogP contribution is 2.22. The summed E-state index contributed by atoms with van der Waals surface area (Å²) in [5, 5.41) is 18.4. The Bertz CT molecular complexity index is 391. The number of carbonyl (C=O) groups excluding carboxylic acids is 1. The summed E-state index contributed by atoms with van der Waals surface area (Å²) in [5.74, 6) is -1.64. The highest BCUT2D eigenvalue weighted by molar-refractivity contribution is 5.77. The van der Waals surface area contributed by atoms with Crippen molar-refractivity contribution in [1.29, 1.82) is 0 Å². The van der Waals surface area contributed by atoms with Crippen molar-refractivity contribution in [3.63, 3.8) is 0 Å². The Morgan fingerprint density at radius 1 is 1.38 bits per heavy atom. The Balaban J connectivity index is 2.06. The van der Waals surface area contributed by atoms with Gasteiger partial charge < -0.3 is 29.5 Å². The van der Waals surface area contributed by atoms with Gasteiger partial charge in [-0.2, -0.15) is 0 Å². The highest BCUT2D eigenvalue weighted by atomic mass is 16.5. The summed E-state index contributed by atoms with van der Waals surface area (Å²) in [4.78, 5) is 27.0. The summed E-state index contributed by atoms with van der Waals surface area (Å²) in [7, 11) is 0. The van der Waals surface area contributed by atoms with Crippen molar-refractivity contribution in [2.45, 2.75) is 19.1 Å². The molecule has 2 amide bonds. The van der Waals surface area contributed by atoms with Crippen LogP contribution < -0.4 is 0 Å². The second kappa shape index (κ2) is 7.06. The summed E-state index contributed by atoms with van der Waals surface area (Å²) >= 11 is 0. The largest absolute Gasteiger partial charge is 0.481 e. The Kier molecular flexibility index (Phi) is 5.38. The van der Waals surface area contributed by atoms with Crippen LogP contribution in [0.3, 0.4) is 0 Å². The number of morpholine rings is 1. The van der Waals surface area contributed by atoms with E-state index >= 15 is 0 Å². The lowest BCUT2D eigenvalue weighted by molar-refractivity contribution is -0.142. The molecule has 21 heavy (non-hydrogen) atoms. The third-order valence-electron chi connectivity index (χ3n) is 3.97. The molecule has 0 bridgehead atoms. The molecule has 0 aromatic rings. The molecular formula is C13H22N2O6. The number of amides is 2. The predicted octanol–water partition coefficient (Wildman–Crippen LogP) is -0.779. The average molecular weight is 302 g/mol. The maximum absolute atomic E-state index is 12.6. The van der Waals surface area contributed by atoms with Gasteiger partial charge in [-0.1, -0.05) is 0 Å². The summed E-state index contributed by atoms with van der Waals surface area (Å²) in [6, 6.07) is -0.670. The summed E-state index contributed by atoms with van der Waals surface area (Å²) < 4.78 is 10.6. The van der Waals surface area contributed by atoms with E-state index in [9.17, 15) is 14.7 Å². The lowest BCUT2D eigenvalue weighted by Crippen LogP contribution is -2.56. The molecule has 3 unspecified atom stereocenters. The van der Waals surface area contributed by atoms with E-state index in [4.69, 9.17) is 14.6 Å². The third kappa shape index (κ3) is 3.45. The number of rotatable bonds is 4. The number of urea groups is 1. The normalized spacial score (nSPS) is 29.4. The molecule has 0 spiro atoms. The van der Waals surface area contributed by atoms with Gasteiger partial charge in [-0.05, 0) is 6.92 Å². The zero-order chi connectivity index (χ0) is 15.4. The van der Waals surface area contributed by atoms with E-state index in [-0.39, 0.29) is 32.0 Å². The molecule has 2 aliphatic heterocycles. The first-order valence-electron chi connectivity index (χ1n) is 7.17. The average Bonchev–Trinajstić information content (AvgIpc) is 2.97. The summed E-state index contributed by atoms with van der Waals surface area (Å²) in [6.45, 7) is 3.60. The molecule has 2 rings (SSSR count). The zero-order valence-corrected chi connectivity index (χ0v) is 12.1. The number of ether oxygens (including phenoxy) is 2. The molecule has 0 radical (unpaired) electrons. The topological polar surface area (TPSA) is 99.5 Å². The first-order valence-corrected chi connectivity index (χ1v) is 7.17. The number of nitrogens with zero attached hydrogens (tertiary/aromatic N) is 2. The molecule has 2 saturated heterocycles. The second-order valence-corrected chi connectivity index (χ2v) is 5.24. The molecule has 2 N–H and O–H groups in total. The minimum Gasteiger partial charge on any atom is -0.481 e. The number of aliphatic carboxylic acids is 1. The van der Waals surface area contributed by atoms with Gasteiger partial charge in [0, 0.05) is 13.1 Å². The molecule has 2 heterocycles. The van der Waals surface area contributed by atoms with Crippen molar-refractivity contribution in [3.05, 3.63) is 0 Å². The number of aliphatic hydroxyl groups excluding tert-OH is 1. The van der Waals surface area contributed by atoms with Crippen molar-refractivity contribution in [3.8, 4) is 0 Å². The van der Waals surface area contributed by atoms with Crippen molar-refractivity contribution in [2.24, 2.45) is 5.92 Å². The number of hydrogen-bond acceptors (Lipinski definition) is 5. The van der Waals surface area contributed by atoms with Crippen LogP contribution in [-0.4, -0.2) is 90.2 Å². The van der Waals surface area contributed by atoms with E-state index in [1.807, 2.05) is 6.92 Å². The molecule has 120 valence electrons. The zero-order valence-electron chi connectivity index (χ0n) is 12.1. The van der Waals surface area contributed by atoms with Crippen LogP contribution in [0.2, 0.25) is 0 Å². The van der Waals surface area contributed by atoms with Crippen molar-refractivity contribution >= 4 is 12.0 Å². The Hall–Kier alpha value is -1.38. The van der Waals surface area contributed by atoms with E-state index in [2.05, 4.69) is 0 Å². The van der Waals surface area contributed by atoms with Crippen LogP contribution in [0.5, 0.6) is 0 Å². The first-order chi connectivity index (χ1) is 10.1. The van der Waals surface area contributed by atoms with Gasteiger partial charge in [0.15, 0.2) is 0 Å². The van der Waals surface area contributed by atoms with Gasteiger partial charge in [-0.3, -0.25) is 4.79 Å². The molecule has 2 aliphatic rings. The number of carboxylic acids is 1. The molecule has 8 heteroatoms. The van der Waals surface area contributed by atoms with Crippen molar-refractivity contribution in [1.82, 2.24) is 9.80 Å². The lowest BCUT2D eigenvalue weighted by atomic mass is 10.0. The van der Waals surface area contributed by atoms with E-state index < -0.39 is 17.9 Å². The standard InChI is InChI=1S/C13H22N2O6/c1-2-15(11-8-20-7-10(11)12(17)18)13(19)14-3-4-21-9(5-14)6-16/h9-11,16H,2-8H2,1H3,(H,17,18). The quantitative estimate of drug-likeness (QED) is 0.707. The molecule has 3 atom stereocenters. The number of carbonyl (C=O) groups is 2. The van der Waals surface area contributed by atoms with E-state index in [1.165, 1.54) is 0 Å². The fourth-order valence-electron chi connectivity index (χ4n) is 2.78.